The normalized spacial score (nSPS) is 30.1. The minimum absolute atomic E-state index is 0.00529. The third-order valence-corrected chi connectivity index (χ3v) is 10.7. The van der Waals surface area contributed by atoms with Crippen molar-refractivity contribution in [2.24, 2.45) is 33.5 Å². The highest BCUT2D eigenvalue weighted by atomic mass is 16.3. The summed E-state index contributed by atoms with van der Waals surface area (Å²) >= 11 is 0. The van der Waals surface area contributed by atoms with E-state index in [2.05, 4.69) is 26.5 Å². The molecular formula is C38H50O4. The summed E-state index contributed by atoms with van der Waals surface area (Å²) in [6.07, 6.45) is 8.28. The Morgan fingerprint density at radius 1 is 1.00 bits per heavy atom. The number of Topliss-reactive ketones (excluding diaryl/α,β-unsaturated/α-hetero) is 3. The first-order valence-corrected chi connectivity index (χ1v) is 15.6. The first-order chi connectivity index (χ1) is 19.5. The smallest absolute Gasteiger partial charge is 0.184 e. The van der Waals surface area contributed by atoms with Gasteiger partial charge >= 0.3 is 0 Å². The summed E-state index contributed by atoms with van der Waals surface area (Å²) in [5.74, 6) is -1.63. The van der Waals surface area contributed by atoms with Gasteiger partial charge in [-0.1, -0.05) is 93.5 Å². The molecule has 3 aliphatic carbocycles. The van der Waals surface area contributed by atoms with Gasteiger partial charge in [-0.2, -0.15) is 0 Å². The van der Waals surface area contributed by atoms with E-state index in [0.29, 0.717) is 24.8 Å². The van der Waals surface area contributed by atoms with E-state index in [1.54, 1.807) is 24.3 Å². The van der Waals surface area contributed by atoms with Crippen LogP contribution in [0.25, 0.3) is 0 Å². The lowest BCUT2D eigenvalue weighted by Crippen LogP contribution is -2.69. The van der Waals surface area contributed by atoms with Gasteiger partial charge in [0.2, 0.25) is 0 Å². The Morgan fingerprint density at radius 2 is 1.62 bits per heavy atom. The highest BCUT2D eigenvalue weighted by molar-refractivity contribution is 6.29. The second-order valence-electron chi connectivity index (χ2n) is 15.1. The molecule has 0 aromatic heterocycles. The van der Waals surface area contributed by atoms with Gasteiger partial charge in [0.15, 0.2) is 22.8 Å². The summed E-state index contributed by atoms with van der Waals surface area (Å²) in [6, 6.07) is 8.83. The lowest BCUT2D eigenvalue weighted by atomic mass is 9.39. The van der Waals surface area contributed by atoms with Crippen LogP contribution in [0.2, 0.25) is 0 Å². The lowest BCUT2D eigenvalue weighted by Gasteiger charge is -2.60. The van der Waals surface area contributed by atoms with E-state index in [-0.39, 0.29) is 40.8 Å². The van der Waals surface area contributed by atoms with Gasteiger partial charge in [0.05, 0.1) is 5.41 Å². The third-order valence-electron chi connectivity index (χ3n) is 10.7. The molecule has 2 saturated carbocycles. The number of fused-ring (bicyclic) bond motifs is 2. The Morgan fingerprint density at radius 3 is 2.19 bits per heavy atom. The predicted molar refractivity (Wildman–Crippen MR) is 170 cm³/mol. The van der Waals surface area contributed by atoms with Crippen LogP contribution in [-0.2, 0) is 9.59 Å². The van der Waals surface area contributed by atoms with Crippen LogP contribution in [0.4, 0.5) is 0 Å². The van der Waals surface area contributed by atoms with Crippen molar-refractivity contribution < 1.29 is 19.5 Å². The standard InChI is InChI=1S/C38H50O4/c1-24(2)15-17-29-23-37(22-28-19-20-35(6,7)21-26(28)5)32(40)30(18-16-25(3)4)33(41)38(34(37)42,36(29,8)9)31(39)27-13-11-10-12-14-27/h10-16,28-29,41H,5,17-23H2,1-4,6-9H3. The molecule has 4 atom stereocenters. The zero-order valence-corrected chi connectivity index (χ0v) is 27.0. The van der Waals surface area contributed by atoms with Gasteiger partial charge in [-0.15, -0.1) is 0 Å². The zero-order valence-electron chi connectivity index (χ0n) is 27.0. The molecule has 3 aliphatic rings. The number of carbonyl (C=O) groups is 3. The van der Waals surface area contributed by atoms with Crippen molar-refractivity contribution in [3.63, 3.8) is 0 Å². The molecule has 226 valence electrons. The van der Waals surface area contributed by atoms with Crippen LogP contribution in [0.1, 0.15) is 111 Å². The number of hydrogen-bond acceptors (Lipinski definition) is 4. The number of hydrogen-bond donors (Lipinski definition) is 1. The number of aliphatic hydroxyl groups is 1. The van der Waals surface area contributed by atoms with E-state index in [0.717, 1.165) is 36.0 Å². The van der Waals surface area contributed by atoms with E-state index in [1.807, 2.05) is 53.7 Å². The maximum atomic E-state index is 15.3. The SMILES string of the molecule is C=C1CC(C)(C)CCC1CC12CC(CC=C(C)C)C(C)(C)C(C(=O)c3ccccc3)(C1=O)C(O)=C(CC=C(C)C)C2=O. The molecule has 0 spiro atoms. The van der Waals surface area contributed by atoms with Crippen LogP contribution in [0, 0.1) is 33.5 Å². The second kappa shape index (κ2) is 11.2. The van der Waals surface area contributed by atoms with E-state index in [1.165, 1.54) is 0 Å². The third kappa shape index (κ3) is 5.09. The van der Waals surface area contributed by atoms with Gasteiger partial charge in [0.25, 0.3) is 0 Å². The Balaban J connectivity index is 2.03. The molecule has 2 bridgehead atoms. The fraction of sp³-hybridized carbons (Fsp3) is 0.553. The molecule has 0 radical (unpaired) electrons. The van der Waals surface area contributed by atoms with Crippen molar-refractivity contribution in [2.45, 2.75) is 100 Å². The highest BCUT2D eigenvalue weighted by Crippen LogP contribution is 2.67. The minimum atomic E-state index is -1.86. The summed E-state index contributed by atoms with van der Waals surface area (Å²) in [5.41, 5.74) is -0.248. The van der Waals surface area contributed by atoms with Crippen molar-refractivity contribution in [3.8, 4) is 0 Å². The summed E-state index contributed by atoms with van der Waals surface area (Å²) in [4.78, 5) is 44.9. The average molecular weight is 571 g/mol. The molecular weight excluding hydrogens is 520 g/mol. The number of carbonyl (C=O) groups excluding carboxylic acids is 3. The predicted octanol–water partition coefficient (Wildman–Crippen LogP) is 9.34. The second-order valence-corrected chi connectivity index (χ2v) is 15.1. The molecule has 4 rings (SSSR count). The van der Waals surface area contributed by atoms with Gasteiger partial charge in [0.1, 0.15) is 5.76 Å². The first kappa shape index (κ1) is 31.9. The molecule has 0 aliphatic heterocycles. The molecule has 0 saturated heterocycles. The minimum Gasteiger partial charge on any atom is -0.510 e. The molecule has 0 amide bonds. The van der Waals surface area contributed by atoms with Gasteiger partial charge in [-0.05, 0) is 95.3 Å². The van der Waals surface area contributed by atoms with Crippen LogP contribution in [0.3, 0.4) is 0 Å². The molecule has 4 heteroatoms. The number of benzene rings is 1. The molecule has 4 unspecified atom stereocenters. The van der Waals surface area contributed by atoms with Crippen LogP contribution in [0.5, 0.6) is 0 Å². The van der Waals surface area contributed by atoms with Crippen molar-refractivity contribution in [3.05, 3.63) is 82.7 Å². The topological polar surface area (TPSA) is 71.4 Å². The molecule has 1 aromatic carbocycles. The molecule has 42 heavy (non-hydrogen) atoms. The highest BCUT2D eigenvalue weighted by Gasteiger charge is 2.75. The van der Waals surface area contributed by atoms with E-state index in [9.17, 15) is 14.7 Å². The summed E-state index contributed by atoms with van der Waals surface area (Å²) in [7, 11) is 0. The molecule has 2 fully saturated rings. The number of rotatable bonds is 8. The van der Waals surface area contributed by atoms with Gasteiger partial charge in [-0.3, -0.25) is 14.4 Å². The molecule has 1 aromatic rings. The number of aliphatic hydroxyl groups excluding tert-OH is 1. The van der Waals surface area contributed by atoms with E-state index < -0.39 is 27.8 Å². The van der Waals surface area contributed by atoms with Crippen LogP contribution >= 0.6 is 0 Å². The van der Waals surface area contributed by atoms with Gasteiger partial charge in [0, 0.05) is 11.1 Å². The monoisotopic (exact) mass is 570 g/mol. The Hall–Kier alpha value is -3.01. The van der Waals surface area contributed by atoms with Crippen LogP contribution < -0.4 is 0 Å². The van der Waals surface area contributed by atoms with Crippen molar-refractivity contribution >= 4 is 17.3 Å². The quantitative estimate of drug-likeness (QED) is 0.192. The Kier molecular flexibility index (Phi) is 8.54. The van der Waals surface area contributed by atoms with Crippen molar-refractivity contribution in [1.82, 2.24) is 0 Å². The summed E-state index contributed by atoms with van der Waals surface area (Å²) in [5, 5.41) is 12.2. The van der Waals surface area contributed by atoms with Crippen LogP contribution in [-0.4, -0.2) is 22.5 Å². The maximum Gasteiger partial charge on any atom is 0.184 e. The van der Waals surface area contributed by atoms with E-state index in [4.69, 9.17) is 0 Å². The fourth-order valence-corrected chi connectivity index (χ4v) is 8.07. The fourth-order valence-electron chi connectivity index (χ4n) is 8.07. The summed E-state index contributed by atoms with van der Waals surface area (Å²) < 4.78 is 0. The molecule has 4 nitrogen and oxygen atoms in total. The molecule has 1 N–H and O–H groups in total. The molecule has 0 heterocycles. The van der Waals surface area contributed by atoms with Crippen molar-refractivity contribution in [1.29, 1.82) is 0 Å². The Labute approximate surface area is 253 Å². The zero-order chi connectivity index (χ0) is 31.3. The van der Waals surface area contributed by atoms with Crippen molar-refractivity contribution in [2.75, 3.05) is 0 Å². The summed E-state index contributed by atoms with van der Waals surface area (Å²) in [6.45, 7) is 20.8. The van der Waals surface area contributed by atoms with Gasteiger partial charge < -0.3 is 5.11 Å². The number of allylic oxidation sites excluding steroid dienone is 7. The van der Waals surface area contributed by atoms with Crippen LogP contribution in [0.15, 0.2) is 77.1 Å². The van der Waals surface area contributed by atoms with Gasteiger partial charge in [-0.25, -0.2) is 0 Å². The average Bonchev–Trinajstić information content (AvgIpc) is 2.90. The first-order valence-electron chi connectivity index (χ1n) is 15.6. The Bertz CT molecular complexity index is 1380. The lowest BCUT2D eigenvalue weighted by molar-refractivity contribution is -0.165. The maximum absolute atomic E-state index is 15.3. The largest absolute Gasteiger partial charge is 0.510 e. The van der Waals surface area contributed by atoms with E-state index >= 15 is 4.79 Å². The number of ketones is 3.